The van der Waals surface area contributed by atoms with Gasteiger partial charge in [-0.05, 0) is 38.5 Å². The average Bonchev–Trinajstić information content (AvgIpc) is 3.01. The molecule has 8 nitrogen and oxygen atoms in total. The van der Waals surface area contributed by atoms with Crippen molar-refractivity contribution in [1.29, 1.82) is 0 Å². The molecule has 0 bridgehead atoms. The van der Waals surface area contributed by atoms with E-state index in [2.05, 4.69) is 24.5 Å². The molecule has 6 N–H and O–H groups in total. The summed E-state index contributed by atoms with van der Waals surface area (Å²) in [6, 6.07) is 0. The molecule has 274 valence electrons. The van der Waals surface area contributed by atoms with Crippen molar-refractivity contribution < 1.29 is 30.0 Å². The van der Waals surface area contributed by atoms with Gasteiger partial charge in [-0.3, -0.25) is 9.59 Å². The zero-order valence-corrected chi connectivity index (χ0v) is 30.2. The molecular formula is C38H76N2O6. The van der Waals surface area contributed by atoms with Crippen molar-refractivity contribution in [3.05, 3.63) is 0 Å². The van der Waals surface area contributed by atoms with Crippen molar-refractivity contribution in [3.8, 4) is 0 Å². The highest BCUT2D eigenvalue weighted by molar-refractivity contribution is 5.77. The zero-order chi connectivity index (χ0) is 34.2. The molecule has 0 unspecified atom stereocenters. The van der Waals surface area contributed by atoms with Crippen LogP contribution in [0.25, 0.3) is 0 Å². The minimum absolute atomic E-state index is 0.0508. The average molecular weight is 657 g/mol. The lowest BCUT2D eigenvalue weighted by molar-refractivity contribution is -0.172. The number of carbonyl (C=O) groups excluding carboxylic acids is 2. The molecule has 0 aliphatic carbocycles. The first-order valence-corrected chi connectivity index (χ1v) is 19.5. The molecule has 2 amide bonds. The molecule has 8 heteroatoms. The number of nitrogens with one attached hydrogen (secondary N) is 2. The maximum absolute atomic E-state index is 12.0. The highest BCUT2D eigenvalue weighted by Crippen LogP contribution is 2.22. The summed E-state index contributed by atoms with van der Waals surface area (Å²) in [7, 11) is 0. The number of amides is 2. The van der Waals surface area contributed by atoms with E-state index in [9.17, 15) is 30.0 Å². The number of unbranched alkanes of at least 4 members (excludes halogenated alkanes) is 20. The summed E-state index contributed by atoms with van der Waals surface area (Å²) < 4.78 is 0. The Balaban J connectivity index is 3.45. The molecule has 0 rings (SSSR count). The molecule has 0 aliphatic heterocycles. The van der Waals surface area contributed by atoms with E-state index in [0.717, 1.165) is 154 Å². The Morgan fingerprint density at radius 2 is 0.630 bits per heavy atom. The standard InChI is InChI=1S/C38H76N2O6/c1-3-5-7-23-29-37(43,44)31-25-19-15-11-9-13-17-21-27-35(41)39-33-34-40-36(42)28-22-18-14-10-12-16-20-26-32-38(45,46)30-24-8-6-4-2/h43-46H,3-34H2,1-2H3,(H,39,41)(H,40,42). The highest BCUT2D eigenvalue weighted by Gasteiger charge is 2.22. The molecule has 0 aliphatic rings. The molecular weight excluding hydrogens is 580 g/mol. The van der Waals surface area contributed by atoms with Crippen LogP contribution in [0.1, 0.15) is 206 Å². The van der Waals surface area contributed by atoms with Crippen LogP contribution in [0.2, 0.25) is 0 Å². The summed E-state index contributed by atoms with van der Waals surface area (Å²) >= 11 is 0. The van der Waals surface area contributed by atoms with Gasteiger partial charge < -0.3 is 31.1 Å². The molecule has 0 fully saturated rings. The Labute approximate surface area is 283 Å². The van der Waals surface area contributed by atoms with Gasteiger partial charge in [-0.25, -0.2) is 0 Å². The number of hydrogen-bond acceptors (Lipinski definition) is 6. The topological polar surface area (TPSA) is 139 Å². The maximum Gasteiger partial charge on any atom is 0.220 e. The monoisotopic (exact) mass is 657 g/mol. The van der Waals surface area contributed by atoms with E-state index in [4.69, 9.17) is 0 Å². The molecule has 0 aromatic carbocycles. The predicted octanol–water partition coefficient (Wildman–Crippen LogP) is 8.32. The first kappa shape index (κ1) is 44.8. The van der Waals surface area contributed by atoms with Crippen molar-refractivity contribution >= 4 is 11.8 Å². The van der Waals surface area contributed by atoms with Crippen LogP contribution in [-0.4, -0.2) is 56.9 Å². The van der Waals surface area contributed by atoms with Crippen molar-refractivity contribution in [2.45, 2.75) is 218 Å². The second-order valence-corrected chi connectivity index (χ2v) is 13.9. The summed E-state index contributed by atoms with van der Waals surface area (Å²) in [5.74, 6) is -2.88. The minimum Gasteiger partial charge on any atom is -0.366 e. The van der Waals surface area contributed by atoms with Crippen molar-refractivity contribution in [3.63, 3.8) is 0 Å². The van der Waals surface area contributed by atoms with Crippen molar-refractivity contribution in [1.82, 2.24) is 10.6 Å². The second-order valence-electron chi connectivity index (χ2n) is 13.9. The van der Waals surface area contributed by atoms with Gasteiger partial charge in [-0.1, -0.05) is 129 Å². The van der Waals surface area contributed by atoms with Gasteiger partial charge in [0.1, 0.15) is 0 Å². The number of rotatable bonds is 35. The molecule has 0 atom stereocenters. The van der Waals surface area contributed by atoms with E-state index in [1.54, 1.807) is 0 Å². The summed E-state index contributed by atoms with van der Waals surface area (Å²) in [6.45, 7) is 5.25. The van der Waals surface area contributed by atoms with E-state index in [1.165, 1.54) is 0 Å². The molecule has 0 spiro atoms. The van der Waals surface area contributed by atoms with Crippen LogP contribution >= 0.6 is 0 Å². The molecule has 0 radical (unpaired) electrons. The Hall–Kier alpha value is -1.22. The van der Waals surface area contributed by atoms with Crippen molar-refractivity contribution in [2.75, 3.05) is 13.1 Å². The number of hydrogen-bond donors (Lipinski definition) is 6. The molecule has 0 heterocycles. The van der Waals surface area contributed by atoms with Crippen LogP contribution in [-0.2, 0) is 9.59 Å². The lowest BCUT2D eigenvalue weighted by atomic mass is 9.99. The quantitative estimate of drug-likeness (QED) is 0.0300. The Morgan fingerprint density at radius 1 is 0.391 bits per heavy atom. The maximum atomic E-state index is 12.0. The van der Waals surface area contributed by atoms with Crippen LogP contribution < -0.4 is 10.6 Å². The Kier molecular flexibility index (Phi) is 30.2. The lowest BCUT2D eigenvalue weighted by Gasteiger charge is -2.21. The third-order valence-corrected chi connectivity index (χ3v) is 9.09. The first-order chi connectivity index (χ1) is 22.1. The van der Waals surface area contributed by atoms with E-state index < -0.39 is 11.6 Å². The van der Waals surface area contributed by atoms with Gasteiger partial charge in [-0.15, -0.1) is 0 Å². The number of aliphatic hydroxyl groups is 4. The molecule has 0 saturated heterocycles. The van der Waals surface area contributed by atoms with Gasteiger partial charge in [0, 0.05) is 51.6 Å². The van der Waals surface area contributed by atoms with E-state index in [0.29, 0.717) is 51.6 Å². The summed E-state index contributed by atoms with van der Waals surface area (Å²) in [4.78, 5) is 24.1. The normalized spacial score (nSPS) is 12.0. The fourth-order valence-corrected chi connectivity index (χ4v) is 6.01. The van der Waals surface area contributed by atoms with Gasteiger partial charge in [0.05, 0.1) is 0 Å². The lowest BCUT2D eigenvalue weighted by Crippen LogP contribution is -2.34. The Morgan fingerprint density at radius 3 is 0.913 bits per heavy atom. The summed E-state index contributed by atoms with van der Waals surface area (Å²) in [6.07, 6.45) is 28.3. The smallest absolute Gasteiger partial charge is 0.220 e. The molecule has 0 aromatic rings. The largest absolute Gasteiger partial charge is 0.366 e. The van der Waals surface area contributed by atoms with Crippen LogP contribution in [0.5, 0.6) is 0 Å². The van der Waals surface area contributed by atoms with Gasteiger partial charge in [0.2, 0.25) is 11.8 Å². The van der Waals surface area contributed by atoms with Crippen LogP contribution in [0.15, 0.2) is 0 Å². The zero-order valence-electron chi connectivity index (χ0n) is 30.2. The van der Waals surface area contributed by atoms with Gasteiger partial charge in [-0.2, -0.15) is 0 Å². The second kappa shape index (κ2) is 31.1. The SMILES string of the molecule is CCCCCCC(O)(O)CCCCCCCCCCC(=O)NCCNC(=O)CCCCCCCCCCC(O)(O)CCCCCC. The third kappa shape index (κ3) is 32.7. The van der Waals surface area contributed by atoms with E-state index >= 15 is 0 Å². The molecule has 46 heavy (non-hydrogen) atoms. The van der Waals surface area contributed by atoms with Gasteiger partial charge >= 0.3 is 0 Å². The molecule has 0 saturated carbocycles. The number of carbonyl (C=O) groups is 2. The Bertz CT molecular complexity index is 643. The van der Waals surface area contributed by atoms with Crippen LogP contribution in [0, 0.1) is 0 Å². The van der Waals surface area contributed by atoms with E-state index in [-0.39, 0.29) is 11.8 Å². The molecule has 0 aromatic heterocycles. The van der Waals surface area contributed by atoms with Crippen molar-refractivity contribution in [2.24, 2.45) is 0 Å². The van der Waals surface area contributed by atoms with Crippen LogP contribution in [0.4, 0.5) is 0 Å². The highest BCUT2D eigenvalue weighted by atomic mass is 16.5. The fraction of sp³-hybridized carbons (Fsp3) is 0.947. The minimum atomic E-state index is -1.49. The van der Waals surface area contributed by atoms with Crippen LogP contribution in [0.3, 0.4) is 0 Å². The predicted molar refractivity (Wildman–Crippen MR) is 190 cm³/mol. The van der Waals surface area contributed by atoms with Gasteiger partial charge in [0.15, 0.2) is 11.6 Å². The van der Waals surface area contributed by atoms with Gasteiger partial charge in [0.25, 0.3) is 0 Å². The third-order valence-electron chi connectivity index (χ3n) is 9.09. The summed E-state index contributed by atoms with van der Waals surface area (Å²) in [5.41, 5.74) is 0. The summed E-state index contributed by atoms with van der Waals surface area (Å²) in [5, 5.41) is 46.0. The van der Waals surface area contributed by atoms with E-state index in [1.807, 2.05) is 0 Å². The first-order valence-electron chi connectivity index (χ1n) is 19.5. The fourth-order valence-electron chi connectivity index (χ4n) is 6.01.